The summed E-state index contributed by atoms with van der Waals surface area (Å²) < 4.78 is 30.5. The van der Waals surface area contributed by atoms with Crippen LogP contribution in [0.5, 0.6) is 0 Å². The van der Waals surface area contributed by atoms with Crippen LogP contribution in [0.4, 0.5) is 0 Å². The van der Waals surface area contributed by atoms with E-state index in [2.05, 4.69) is 24.1 Å². The quantitative estimate of drug-likeness (QED) is 0.593. The molecule has 0 aliphatic carbocycles. The van der Waals surface area contributed by atoms with Crippen molar-refractivity contribution in [3.05, 3.63) is 59.0 Å². The Morgan fingerprint density at radius 1 is 1.06 bits per heavy atom. The summed E-state index contributed by atoms with van der Waals surface area (Å²) in [5, 5.41) is 2.87. The number of nitrogens with one attached hydrogen (secondary N) is 1. The number of likely N-dealkylation sites (tertiary alicyclic amines) is 1. The third-order valence-electron chi connectivity index (χ3n) is 5.64. The van der Waals surface area contributed by atoms with Crippen molar-refractivity contribution < 1.29 is 17.6 Å². The molecule has 2 atom stereocenters. The lowest BCUT2D eigenvalue weighted by Crippen LogP contribution is -2.40. The van der Waals surface area contributed by atoms with Crippen LogP contribution in [0, 0.1) is 18.8 Å². The fraction of sp³-hybridized carbons (Fsp3) is 0.542. The van der Waals surface area contributed by atoms with Gasteiger partial charge in [-0.15, -0.1) is 0 Å². The summed E-state index contributed by atoms with van der Waals surface area (Å²) in [6, 6.07) is 10.5. The molecule has 1 aromatic heterocycles. The van der Waals surface area contributed by atoms with Gasteiger partial charge in [-0.3, -0.25) is 4.79 Å². The van der Waals surface area contributed by atoms with Gasteiger partial charge in [-0.05, 0) is 55.8 Å². The Hall–Kier alpha value is -2.12. The summed E-state index contributed by atoms with van der Waals surface area (Å²) in [5.74, 6) is 1.31. The van der Waals surface area contributed by atoms with Crippen molar-refractivity contribution in [3.63, 3.8) is 0 Å². The van der Waals surface area contributed by atoms with E-state index in [4.69, 9.17) is 4.42 Å². The second-order valence-corrected chi connectivity index (χ2v) is 11.2. The van der Waals surface area contributed by atoms with Gasteiger partial charge >= 0.3 is 0 Å². The second-order valence-electron chi connectivity index (χ2n) is 9.10. The van der Waals surface area contributed by atoms with E-state index in [9.17, 15) is 13.2 Å². The molecule has 3 rings (SSSR count). The van der Waals surface area contributed by atoms with Crippen molar-refractivity contribution in [2.75, 3.05) is 26.2 Å². The molecule has 7 heteroatoms. The number of carbonyl (C=O) groups is 1. The highest BCUT2D eigenvalue weighted by atomic mass is 32.2. The van der Waals surface area contributed by atoms with Crippen LogP contribution in [0.3, 0.4) is 0 Å². The standard InChI is InChI=1S/C24H34N2O4S/c1-18-5-7-21(8-6-18)16-31(28,29)17-22-9-10-23(30-22)24(27)25-11-4-12-26-14-19(2)13-20(3)15-26/h5-10,19-20H,4,11-17H2,1-3H3,(H,25,27)/t19-,20-/m0/s1. The largest absolute Gasteiger partial charge is 0.455 e. The zero-order valence-corrected chi connectivity index (χ0v) is 19.6. The Balaban J connectivity index is 1.44. The van der Waals surface area contributed by atoms with Gasteiger partial charge in [-0.2, -0.15) is 0 Å². The highest BCUT2D eigenvalue weighted by Crippen LogP contribution is 2.21. The first-order valence-electron chi connectivity index (χ1n) is 11.1. The van der Waals surface area contributed by atoms with Crippen LogP contribution in [0.2, 0.25) is 0 Å². The fourth-order valence-electron chi connectivity index (χ4n) is 4.35. The molecule has 1 N–H and O–H groups in total. The number of benzene rings is 1. The van der Waals surface area contributed by atoms with Crippen molar-refractivity contribution >= 4 is 15.7 Å². The number of hydrogen-bond acceptors (Lipinski definition) is 5. The monoisotopic (exact) mass is 446 g/mol. The van der Waals surface area contributed by atoms with Crippen LogP contribution in [-0.2, 0) is 21.3 Å². The molecule has 0 bridgehead atoms. The summed E-state index contributed by atoms with van der Waals surface area (Å²) in [6.45, 7) is 10.3. The number of aryl methyl sites for hydroxylation is 1. The van der Waals surface area contributed by atoms with E-state index in [1.54, 1.807) is 12.1 Å². The lowest BCUT2D eigenvalue weighted by molar-refractivity contribution is 0.0918. The van der Waals surface area contributed by atoms with Gasteiger partial charge in [0.2, 0.25) is 0 Å². The molecule has 1 aliphatic heterocycles. The number of nitrogens with zero attached hydrogens (tertiary/aromatic N) is 1. The molecule has 1 aliphatic rings. The molecule has 1 amide bonds. The maximum absolute atomic E-state index is 12.5. The molecule has 1 fully saturated rings. The van der Waals surface area contributed by atoms with E-state index >= 15 is 0 Å². The Bertz CT molecular complexity index is 956. The van der Waals surface area contributed by atoms with Crippen LogP contribution in [0.1, 0.15) is 54.1 Å². The summed E-state index contributed by atoms with van der Waals surface area (Å²) in [6.07, 6.45) is 2.17. The van der Waals surface area contributed by atoms with Gasteiger partial charge in [0.25, 0.3) is 5.91 Å². The minimum absolute atomic E-state index is 0.0523. The average molecular weight is 447 g/mol. The number of furan rings is 1. The molecule has 170 valence electrons. The van der Waals surface area contributed by atoms with E-state index in [1.807, 2.05) is 31.2 Å². The first-order valence-corrected chi connectivity index (χ1v) is 12.9. The van der Waals surface area contributed by atoms with Gasteiger partial charge < -0.3 is 14.6 Å². The summed E-state index contributed by atoms with van der Waals surface area (Å²) >= 11 is 0. The molecular formula is C24H34N2O4S. The molecule has 0 saturated carbocycles. The smallest absolute Gasteiger partial charge is 0.286 e. The highest BCUT2D eigenvalue weighted by Gasteiger charge is 2.21. The Morgan fingerprint density at radius 2 is 1.74 bits per heavy atom. The van der Waals surface area contributed by atoms with Crippen molar-refractivity contribution in [1.29, 1.82) is 0 Å². The number of amides is 1. The SMILES string of the molecule is Cc1ccc(CS(=O)(=O)Cc2ccc(C(=O)NCCCN3C[C@@H](C)C[C@H](C)C3)o2)cc1. The zero-order valence-electron chi connectivity index (χ0n) is 18.8. The number of sulfone groups is 1. The Kier molecular flexibility index (Phi) is 7.94. The second kappa shape index (κ2) is 10.5. The summed E-state index contributed by atoms with van der Waals surface area (Å²) in [7, 11) is -3.39. The molecule has 2 aromatic rings. The lowest BCUT2D eigenvalue weighted by Gasteiger charge is -2.34. The molecule has 0 spiro atoms. The lowest BCUT2D eigenvalue weighted by atomic mass is 9.92. The first kappa shape index (κ1) is 23.5. The summed E-state index contributed by atoms with van der Waals surface area (Å²) in [4.78, 5) is 14.8. The van der Waals surface area contributed by atoms with Gasteiger partial charge in [-0.1, -0.05) is 43.7 Å². The molecule has 2 heterocycles. The van der Waals surface area contributed by atoms with E-state index in [0.717, 1.165) is 49.0 Å². The Labute approximate surface area is 185 Å². The van der Waals surface area contributed by atoms with Crippen molar-refractivity contribution in [2.45, 2.75) is 45.1 Å². The Morgan fingerprint density at radius 3 is 2.42 bits per heavy atom. The van der Waals surface area contributed by atoms with Crippen LogP contribution >= 0.6 is 0 Å². The van der Waals surface area contributed by atoms with Gasteiger partial charge in [0.1, 0.15) is 11.5 Å². The topological polar surface area (TPSA) is 79.6 Å². The van der Waals surface area contributed by atoms with Crippen molar-refractivity contribution in [1.82, 2.24) is 10.2 Å². The van der Waals surface area contributed by atoms with E-state index in [0.29, 0.717) is 6.54 Å². The normalized spacial score (nSPS) is 20.0. The number of carbonyl (C=O) groups excluding carboxylic acids is 1. The van der Waals surface area contributed by atoms with Crippen LogP contribution in [0.15, 0.2) is 40.8 Å². The molecule has 1 saturated heterocycles. The third kappa shape index (κ3) is 7.51. The highest BCUT2D eigenvalue weighted by molar-refractivity contribution is 7.89. The predicted molar refractivity (Wildman–Crippen MR) is 123 cm³/mol. The van der Waals surface area contributed by atoms with Gasteiger partial charge in [0.15, 0.2) is 15.6 Å². The van der Waals surface area contributed by atoms with Crippen LogP contribution in [0.25, 0.3) is 0 Å². The first-order chi connectivity index (χ1) is 14.7. The minimum Gasteiger partial charge on any atom is -0.455 e. The van der Waals surface area contributed by atoms with E-state index in [-0.39, 0.29) is 28.9 Å². The average Bonchev–Trinajstić information content (AvgIpc) is 3.14. The fourth-order valence-corrected chi connectivity index (χ4v) is 5.74. The molecular weight excluding hydrogens is 412 g/mol. The van der Waals surface area contributed by atoms with E-state index < -0.39 is 9.84 Å². The molecule has 6 nitrogen and oxygen atoms in total. The van der Waals surface area contributed by atoms with Crippen LogP contribution in [-0.4, -0.2) is 45.4 Å². The third-order valence-corrected chi connectivity index (χ3v) is 7.13. The molecule has 0 radical (unpaired) electrons. The summed E-state index contributed by atoms with van der Waals surface area (Å²) in [5.41, 5.74) is 1.83. The number of piperidine rings is 1. The van der Waals surface area contributed by atoms with Crippen molar-refractivity contribution in [2.24, 2.45) is 11.8 Å². The molecule has 31 heavy (non-hydrogen) atoms. The van der Waals surface area contributed by atoms with Gasteiger partial charge in [0.05, 0.1) is 5.75 Å². The zero-order chi connectivity index (χ0) is 22.4. The molecule has 0 unspecified atom stereocenters. The van der Waals surface area contributed by atoms with Crippen molar-refractivity contribution in [3.8, 4) is 0 Å². The predicted octanol–water partition coefficient (Wildman–Crippen LogP) is 3.80. The number of hydrogen-bond donors (Lipinski definition) is 1. The maximum Gasteiger partial charge on any atom is 0.286 e. The number of rotatable bonds is 9. The maximum atomic E-state index is 12.5. The molecule has 1 aromatic carbocycles. The van der Waals surface area contributed by atoms with Crippen LogP contribution < -0.4 is 5.32 Å². The van der Waals surface area contributed by atoms with Gasteiger partial charge in [-0.25, -0.2) is 8.42 Å². The minimum atomic E-state index is -3.39. The van der Waals surface area contributed by atoms with Gasteiger partial charge in [0, 0.05) is 19.6 Å². The van der Waals surface area contributed by atoms with E-state index in [1.165, 1.54) is 6.42 Å².